The van der Waals surface area contributed by atoms with Gasteiger partial charge in [-0.05, 0) is 42.5 Å². The minimum Gasteiger partial charge on any atom is -0.395 e. The highest BCUT2D eigenvalue weighted by molar-refractivity contribution is 7.91. The van der Waals surface area contributed by atoms with Gasteiger partial charge in [-0.2, -0.15) is 0 Å². The number of fused-ring (bicyclic) bond motifs is 1. The molecule has 2 aliphatic carbocycles. The maximum Gasteiger partial charge on any atom is 0.178 e. The molecule has 2 aromatic carbocycles. The van der Waals surface area contributed by atoms with Gasteiger partial charge < -0.3 is 10.1 Å². The van der Waals surface area contributed by atoms with Crippen LogP contribution in [0.3, 0.4) is 0 Å². The predicted molar refractivity (Wildman–Crippen MR) is 136 cm³/mol. The number of allylic oxidation sites excluding steroid dienone is 1. The lowest BCUT2D eigenvalue weighted by Crippen LogP contribution is -2.19. The van der Waals surface area contributed by atoms with E-state index in [0.29, 0.717) is 33.9 Å². The smallest absolute Gasteiger partial charge is 0.178 e. The number of alkyl halides is 1. The van der Waals surface area contributed by atoms with E-state index in [1.54, 1.807) is 42.5 Å². The molecule has 2 N–H and O–H groups in total. The molecule has 3 atom stereocenters. The Hall–Kier alpha value is -2.19. The molecular weight excluding hydrogens is 510 g/mol. The van der Waals surface area contributed by atoms with Gasteiger partial charge in [0.1, 0.15) is 17.3 Å². The average molecular weight is 535 g/mol. The third kappa shape index (κ3) is 4.55. The molecule has 1 aromatic heterocycles. The fourth-order valence-corrected chi connectivity index (χ4v) is 7.08. The molecule has 3 aromatic rings. The zero-order valence-corrected chi connectivity index (χ0v) is 21.3. The maximum absolute atomic E-state index is 14.6. The fraction of sp³-hybridized carbons (Fsp3) is 0.346. The van der Waals surface area contributed by atoms with E-state index in [9.17, 15) is 17.9 Å². The summed E-state index contributed by atoms with van der Waals surface area (Å²) in [5.74, 6) is -0.258. The van der Waals surface area contributed by atoms with E-state index in [2.05, 4.69) is 9.97 Å². The Balaban J connectivity index is 1.50. The standard InChI is InChI=1S/C26H25Cl2FN2O3S/c1-14-22(27)21(18-4-2-3-5-20(18)29)23(28)25-24(14)30-26(31-25)19(12-32)16-8-10-17(11-9-16)35(33,34)13-15-6-7-15/h2-5,8-11,14-15,19,22,32H,6-7,12-13H2,1H3,(H,30,31). The highest BCUT2D eigenvalue weighted by Gasteiger charge is 2.37. The number of sulfone groups is 1. The van der Waals surface area contributed by atoms with E-state index >= 15 is 0 Å². The van der Waals surface area contributed by atoms with Crippen LogP contribution in [-0.2, 0) is 9.84 Å². The second-order valence-electron chi connectivity index (χ2n) is 9.31. The molecule has 0 radical (unpaired) electrons. The summed E-state index contributed by atoms with van der Waals surface area (Å²) < 4.78 is 39.7. The Bertz CT molecular complexity index is 1400. The molecule has 1 heterocycles. The minimum atomic E-state index is -3.32. The number of rotatable bonds is 7. The zero-order chi connectivity index (χ0) is 24.9. The summed E-state index contributed by atoms with van der Waals surface area (Å²) in [7, 11) is -3.32. The van der Waals surface area contributed by atoms with Crippen molar-refractivity contribution in [1.29, 1.82) is 0 Å². The number of hydrogen-bond acceptors (Lipinski definition) is 4. The number of aliphatic hydroxyl groups excluding tert-OH is 1. The van der Waals surface area contributed by atoms with Crippen molar-refractivity contribution in [2.24, 2.45) is 5.92 Å². The van der Waals surface area contributed by atoms with E-state index in [4.69, 9.17) is 23.2 Å². The number of imidazole rings is 1. The molecule has 5 nitrogen and oxygen atoms in total. The Kier molecular flexibility index (Phi) is 6.55. The van der Waals surface area contributed by atoms with Gasteiger partial charge in [0.25, 0.3) is 0 Å². The highest BCUT2D eigenvalue weighted by atomic mass is 35.5. The zero-order valence-electron chi connectivity index (χ0n) is 19.0. The third-order valence-corrected chi connectivity index (χ3v) is 9.71. The molecule has 0 amide bonds. The first kappa shape index (κ1) is 24.5. The Morgan fingerprint density at radius 2 is 1.86 bits per heavy atom. The second kappa shape index (κ2) is 9.36. The Morgan fingerprint density at radius 1 is 1.17 bits per heavy atom. The number of halogens is 3. The lowest BCUT2D eigenvalue weighted by Gasteiger charge is -2.27. The van der Waals surface area contributed by atoms with Crippen LogP contribution >= 0.6 is 23.2 Å². The number of aliphatic hydroxyl groups is 1. The van der Waals surface area contributed by atoms with Crippen LogP contribution in [-0.4, -0.2) is 41.2 Å². The topological polar surface area (TPSA) is 83.0 Å². The van der Waals surface area contributed by atoms with E-state index in [1.807, 2.05) is 6.92 Å². The Labute approximate surface area is 213 Å². The van der Waals surface area contributed by atoms with Crippen molar-refractivity contribution in [1.82, 2.24) is 9.97 Å². The molecule has 5 rings (SSSR count). The number of benzene rings is 2. The number of nitrogens with one attached hydrogen (secondary N) is 1. The molecule has 0 bridgehead atoms. The number of nitrogens with zero attached hydrogens (tertiary/aromatic N) is 1. The van der Waals surface area contributed by atoms with Crippen molar-refractivity contribution in [2.75, 3.05) is 12.4 Å². The number of H-pyrrole nitrogens is 1. The molecule has 1 fully saturated rings. The van der Waals surface area contributed by atoms with Crippen LogP contribution in [0, 0.1) is 11.7 Å². The second-order valence-corrected chi connectivity index (χ2v) is 12.2. The predicted octanol–water partition coefficient (Wildman–Crippen LogP) is 5.69. The maximum atomic E-state index is 14.6. The monoisotopic (exact) mass is 534 g/mol. The van der Waals surface area contributed by atoms with Gasteiger partial charge in [-0.25, -0.2) is 17.8 Å². The van der Waals surface area contributed by atoms with Crippen molar-refractivity contribution in [2.45, 2.75) is 41.9 Å². The summed E-state index contributed by atoms with van der Waals surface area (Å²) in [6.45, 7) is 1.66. The number of aromatic nitrogens is 2. The lowest BCUT2D eigenvalue weighted by atomic mass is 9.86. The molecule has 1 saturated carbocycles. The molecule has 3 unspecified atom stereocenters. The molecule has 9 heteroatoms. The number of aromatic amines is 1. The van der Waals surface area contributed by atoms with Gasteiger partial charge in [0.15, 0.2) is 9.84 Å². The van der Waals surface area contributed by atoms with E-state index < -0.39 is 26.9 Å². The number of hydrogen-bond donors (Lipinski definition) is 2. The first-order chi connectivity index (χ1) is 16.7. The highest BCUT2D eigenvalue weighted by Crippen LogP contribution is 2.47. The van der Waals surface area contributed by atoms with Gasteiger partial charge in [-0.15, -0.1) is 11.6 Å². The fourth-order valence-electron chi connectivity index (χ4n) is 4.61. The molecule has 35 heavy (non-hydrogen) atoms. The van der Waals surface area contributed by atoms with Crippen molar-refractivity contribution in [3.8, 4) is 0 Å². The van der Waals surface area contributed by atoms with E-state index in [-0.39, 0.29) is 34.1 Å². The molecule has 0 saturated heterocycles. The van der Waals surface area contributed by atoms with Gasteiger partial charge in [0, 0.05) is 22.7 Å². The molecular formula is C26H25Cl2FN2O3S. The summed E-state index contributed by atoms with van der Waals surface area (Å²) in [4.78, 5) is 8.24. The van der Waals surface area contributed by atoms with Gasteiger partial charge in [0.2, 0.25) is 0 Å². The lowest BCUT2D eigenvalue weighted by molar-refractivity contribution is 0.277. The van der Waals surface area contributed by atoms with Gasteiger partial charge in [0.05, 0.1) is 33.6 Å². The first-order valence-corrected chi connectivity index (χ1v) is 14.0. The average Bonchev–Trinajstić information content (AvgIpc) is 3.53. The van der Waals surface area contributed by atoms with Gasteiger partial charge in [-0.1, -0.05) is 48.9 Å². The van der Waals surface area contributed by atoms with Gasteiger partial charge in [-0.3, -0.25) is 0 Å². The van der Waals surface area contributed by atoms with Crippen LogP contribution in [0.25, 0.3) is 10.6 Å². The van der Waals surface area contributed by atoms with E-state index in [1.165, 1.54) is 6.07 Å². The summed E-state index contributed by atoms with van der Waals surface area (Å²) in [5, 5.41) is 9.89. The third-order valence-electron chi connectivity index (χ3n) is 6.83. The van der Waals surface area contributed by atoms with Crippen LogP contribution in [0.15, 0.2) is 53.4 Å². The summed E-state index contributed by atoms with van der Waals surface area (Å²) in [5.41, 5.74) is 2.73. The van der Waals surface area contributed by atoms with Crippen LogP contribution in [0.5, 0.6) is 0 Å². The van der Waals surface area contributed by atoms with Crippen LogP contribution in [0.4, 0.5) is 4.39 Å². The summed E-state index contributed by atoms with van der Waals surface area (Å²) >= 11 is 13.5. The molecule has 0 spiro atoms. The van der Waals surface area contributed by atoms with Crippen molar-refractivity contribution < 1.29 is 17.9 Å². The normalized spacial score (nSPS) is 21.2. The molecule has 0 aliphatic heterocycles. The minimum absolute atomic E-state index is 0.174. The molecule has 184 valence electrons. The van der Waals surface area contributed by atoms with Crippen molar-refractivity contribution in [3.05, 3.63) is 82.7 Å². The SMILES string of the molecule is CC1c2[nH]c(C(CO)c3ccc(S(=O)(=O)CC4CC4)cc3)nc2C(Cl)=C(c2ccccc2F)C1Cl. The quantitative estimate of drug-likeness (QED) is 0.381. The van der Waals surface area contributed by atoms with Crippen LogP contribution < -0.4 is 0 Å². The van der Waals surface area contributed by atoms with Gasteiger partial charge >= 0.3 is 0 Å². The first-order valence-electron chi connectivity index (χ1n) is 11.5. The van der Waals surface area contributed by atoms with E-state index in [0.717, 1.165) is 12.8 Å². The summed E-state index contributed by atoms with van der Waals surface area (Å²) in [6.07, 6.45) is 1.93. The largest absolute Gasteiger partial charge is 0.395 e. The Morgan fingerprint density at radius 3 is 2.49 bits per heavy atom. The van der Waals surface area contributed by atoms with Crippen LogP contribution in [0.1, 0.15) is 59.9 Å². The molecule has 2 aliphatic rings. The summed E-state index contributed by atoms with van der Waals surface area (Å²) in [6, 6.07) is 12.9. The van der Waals surface area contributed by atoms with Crippen molar-refractivity contribution >= 4 is 43.6 Å². The van der Waals surface area contributed by atoms with Crippen LogP contribution in [0.2, 0.25) is 0 Å². The van der Waals surface area contributed by atoms with Crippen molar-refractivity contribution in [3.63, 3.8) is 0 Å².